The molecule has 1 aliphatic rings. The van der Waals surface area contributed by atoms with E-state index in [0.29, 0.717) is 17.3 Å². The third-order valence-corrected chi connectivity index (χ3v) is 5.84. The maximum Gasteiger partial charge on any atom is 0.451 e. The Morgan fingerprint density at radius 2 is 2.03 bits per heavy atom. The van der Waals surface area contributed by atoms with Crippen molar-refractivity contribution in [2.24, 2.45) is 0 Å². The molecule has 3 N–H and O–H groups in total. The summed E-state index contributed by atoms with van der Waals surface area (Å²) in [6.45, 7) is 0. The lowest BCUT2D eigenvalue weighted by Gasteiger charge is -2.15. The predicted octanol–water partition coefficient (Wildman–Crippen LogP) is 3.49. The monoisotopic (exact) mass is 483 g/mol. The summed E-state index contributed by atoms with van der Waals surface area (Å²) in [6, 6.07) is 6.49. The molecular formula is C23H20F3N7O2. The SMILES string of the molecule is COc1cc(-n2c3c(c4ncnc(N)c42)CCC3)ccc1NC(=O)Cc1ccnc(C(F)(F)F)n1. The number of aryl methyl sites for hydroxylation is 1. The van der Waals surface area contributed by atoms with Crippen LogP contribution in [-0.4, -0.2) is 37.5 Å². The van der Waals surface area contributed by atoms with E-state index in [1.54, 1.807) is 18.2 Å². The minimum Gasteiger partial charge on any atom is -0.494 e. The zero-order valence-corrected chi connectivity index (χ0v) is 18.6. The molecule has 3 aromatic heterocycles. The van der Waals surface area contributed by atoms with E-state index in [-0.39, 0.29) is 12.1 Å². The molecule has 12 heteroatoms. The Labute approximate surface area is 197 Å². The number of halogens is 3. The van der Waals surface area contributed by atoms with E-state index in [0.717, 1.165) is 53.4 Å². The van der Waals surface area contributed by atoms with Crippen molar-refractivity contribution in [3.63, 3.8) is 0 Å². The first kappa shape index (κ1) is 22.6. The lowest BCUT2D eigenvalue weighted by Crippen LogP contribution is -2.18. The lowest BCUT2D eigenvalue weighted by molar-refractivity contribution is -0.145. The molecule has 0 unspecified atom stereocenters. The summed E-state index contributed by atoms with van der Waals surface area (Å²) in [5.41, 5.74) is 11.1. The Balaban J connectivity index is 1.44. The maximum atomic E-state index is 12.9. The molecule has 1 aromatic carbocycles. The van der Waals surface area contributed by atoms with Gasteiger partial charge >= 0.3 is 6.18 Å². The van der Waals surface area contributed by atoms with E-state index < -0.39 is 17.9 Å². The number of benzene rings is 1. The number of nitrogens with one attached hydrogen (secondary N) is 1. The van der Waals surface area contributed by atoms with Gasteiger partial charge in [0.05, 0.1) is 30.4 Å². The maximum absolute atomic E-state index is 12.9. The van der Waals surface area contributed by atoms with Crippen molar-refractivity contribution in [1.29, 1.82) is 0 Å². The predicted molar refractivity (Wildman–Crippen MR) is 121 cm³/mol. The molecule has 0 bridgehead atoms. The van der Waals surface area contributed by atoms with Crippen LogP contribution in [0.5, 0.6) is 5.75 Å². The fourth-order valence-corrected chi connectivity index (χ4v) is 4.40. The third-order valence-electron chi connectivity index (χ3n) is 5.84. The van der Waals surface area contributed by atoms with Gasteiger partial charge in [0.1, 0.15) is 17.6 Å². The average Bonchev–Trinajstić information content (AvgIpc) is 3.41. The Morgan fingerprint density at radius 3 is 2.80 bits per heavy atom. The number of rotatable bonds is 5. The molecule has 0 atom stereocenters. The van der Waals surface area contributed by atoms with Crippen LogP contribution in [0.4, 0.5) is 24.7 Å². The molecule has 3 heterocycles. The van der Waals surface area contributed by atoms with Gasteiger partial charge in [-0.1, -0.05) is 0 Å². The van der Waals surface area contributed by atoms with Gasteiger partial charge in [0, 0.05) is 23.6 Å². The summed E-state index contributed by atoms with van der Waals surface area (Å²) < 4.78 is 46.1. The van der Waals surface area contributed by atoms with Gasteiger partial charge in [0.25, 0.3) is 0 Å². The number of methoxy groups -OCH3 is 1. The number of fused-ring (bicyclic) bond motifs is 3. The van der Waals surface area contributed by atoms with Gasteiger partial charge in [0.2, 0.25) is 11.7 Å². The van der Waals surface area contributed by atoms with E-state index in [4.69, 9.17) is 10.5 Å². The minimum absolute atomic E-state index is 0.0507. The number of aromatic nitrogens is 5. The number of nitrogen functional groups attached to an aromatic ring is 1. The zero-order valence-electron chi connectivity index (χ0n) is 18.6. The Bertz CT molecular complexity index is 1450. The van der Waals surface area contributed by atoms with Gasteiger partial charge in [0.15, 0.2) is 5.82 Å². The molecule has 0 fully saturated rings. The number of ether oxygens (including phenoxy) is 1. The van der Waals surface area contributed by atoms with Gasteiger partial charge in [-0.15, -0.1) is 0 Å². The lowest BCUT2D eigenvalue weighted by atomic mass is 10.2. The molecule has 5 rings (SSSR count). The number of carbonyl (C=O) groups excluding carboxylic acids is 1. The van der Waals surface area contributed by atoms with E-state index >= 15 is 0 Å². The highest BCUT2D eigenvalue weighted by Crippen LogP contribution is 2.38. The molecular weight excluding hydrogens is 463 g/mol. The smallest absolute Gasteiger partial charge is 0.451 e. The topological polar surface area (TPSA) is 121 Å². The van der Waals surface area contributed by atoms with E-state index in [9.17, 15) is 18.0 Å². The van der Waals surface area contributed by atoms with Crippen LogP contribution in [0.25, 0.3) is 16.7 Å². The number of amides is 1. The van der Waals surface area contributed by atoms with Crippen molar-refractivity contribution < 1.29 is 22.7 Å². The molecule has 1 aliphatic carbocycles. The van der Waals surface area contributed by atoms with Crippen LogP contribution in [-0.2, 0) is 30.2 Å². The molecule has 1 amide bonds. The fraction of sp³-hybridized carbons (Fsp3) is 0.261. The number of alkyl halides is 3. The zero-order chi connectivity index (χ0) is 24.7. The number of nitrogens with two attached hydrogens (primary N) is 1. The third kappa shape index (κ3) is 4.11. The summed E-state index contributed by atoms with van der Waals surface area (Å²) in [6.07, 6.45) is 0.153. The molecule has 0 spiro atoms. The van der Waals surface area contributed by atoms with Crippen molar-refractivity contribution in [1.82, 2.24) is 24.5 Å². The molecule has 0 saturated heterocycles. The van der Waals surface area contributed by atoms with Crippen LogP contribution in [0, 0.1) is 0 Å². The van der Waals surface area contributed by atoms with Gasteiger partial charge in [-0.25, -0.2) is 19.9 Å². The summed E-state index contributed by atoms with van der Waals surface area (Å²) in [5, 5.41) is 2.68. The fourth-order valence-electron chi connectivity index (χ4n) is 4.40. The van der Waals surface area contributed by atoms with Gasteiger partial charge < -0.3 is 20.4 Å². The van der Waals surface area contributed by atoms with E-state index in [2.05, 4.69) is 25.3 Å². The molecule has 0 saturated carbocycles. The second-order valence-electron chi connectivity index (χ2n) is 8.05. The largest absolute Gasteiger partial charge is 0.494 e. The first-order chi connectivity index (χ1) is 16.8. The number of hydrogen-bond donors (Lipinski definition) is 2. The van der Waals surface area contributed by atoms with Gasteiger partial charge in [-0.3, -0.25) is 4.79 Å². The van der Waals surface area contributed by atoms with Crippen LogP contribution in [0.15, 0.2) is 36.8 Å². The number of carbonyl (C=O) groups is 1. The summed E-state index contributed by atoms with van der Waals surface area (Å²) >= 11 is 0. The highest BCUT2D eigenvalue weighted by molar-refractivity contribution is 5.94. The quantitative estimate of drug-likeness (QED) is 0.446. The van der Waals surface area contributed by atoms with Crippen molar-refractivity contribution in [2.75, 3.05) is 18.2 Å². The van der Waals surface area contributed by atoms with Gasteiger partial charge in [-0.05, 0) is 43.0 Å². The summed E-state index contributed by atoms with van der Waals surface area (Å²) in [4.78, 5) is 27.8. The second-order valence-corrected chi connectivity index (χ2v) is 8.05. The first-order valence-electron chi connectivity index (χ1n) is 10.8. The molecule has 0 aliphatic heterocycles. The number of anilines is 2. The van der Waals surface area contributed by atoms with Crippen LogP contribution in [0.3, 0.4) is 0 Å². The molecule has 35 heavy (non-hydrogen) atoms. The van der Waals surface area contributed by atoms with Gasteiger partial charge in [-0.2, -0.15) is 13.2 Å². The highest BCUT2D eigenvalue weighted by atomic mass is 19.4. The number of nitrogens with zero attached hydrogens (tertiary/aromatic N) is 5. The minimum atomic E-state index is -4.69. The van der Waals surface area contributed by atoms with Crippen LogP contribution < -0.4 is 15.8 Å². The standard InChI is InChI=1S/C23H20F3N7O2/c1-35-17-10-13(33-16-4-2-3-14(16)19-20(33)21(27)30-11-29-19)5-6-15(17)32-18(34)9-12-7-8-28-22(31-12)23(24,25)26/h5-8,10-11H,2-4,9H2,1H3,(H,32,34)(H2,27,29,30). The van der Waals surface area contributed by atoms with E-state index in [1.165, 1.54) is 19.5 Å². The molecule has 4 aromatic rings. The molecule has 9 nitrogen and oxygen atoms in total. The van der Waals surface area contributed by atoms with Crippen molar-refractivity contribution in [2.45, 2.75) is 31.9 Å². The Kier molecular flexibility index (Phi) is 5.50. The van der Waals surface area contributed by atoms with Crippen LogP contribution in [0.2, 0.25) is 0 Å². The number of hydrogen-bond acceptors (Lipinski definition) is 7. The average molecular weight is 483 g/mol. The van der Waals surface area contributed by atoms with E-state index in [1.807, 2.05) is 4.57 Å². The van der Waals surface area contributed by atoms with Crippen molar-refractivity contribution in [3.8, 4) is 11.4 Å². The normalized spacial score (nSPS) is 13.1. The first-order valence-corrected chi connectivity index (χ1v) is 10.8. The van der Waals surface area contributed by atoms with Crippen molar-refractivity contribution in [3.05, 3.63) is 59.6 Å². The second kappa shape index (κ2) is 8.53. The summed E-state index contributed by atoms with van der Waals surface area (Å²) in [7, 11) is 1.46. The molecule has 0 radical (unpaired) electrons. The van der Waals surface area contributed by atoms with Crippen LogP contribution >= 0.6 is 0 Å². The van der Waals surface area contributed by atoms with Crippen molar-refractivity contribution >= 4 is 28.4 Å². The highest BCUT2D eigenvalue weighted by Gasteiger charge is 2.34. The molecule has 180 valence electrons. The summed E-state index contributed by atoms with van der Waals surface area (Å²) in [5.74, 6) is -1.10. The Hall–Kier alpha value is -4.22. The Morgan fingerprint density at radius 1 is 1.20 bits per heavy atom. The van der Waals surface area contributed by atoms with Crippen LogP contribution in [0.1, 0.15) is 29.2 Å².